The lowest BCUT2D eigenvalue weighted by Crippen LogP contribution is -2.68. The summed E-state index contributed by atoms with van der Waals surface area (Å²) in [7, 11) is 0. The molecule has 2 unspecified atom stereocenters. The number of nitrogens with one attached hydrogen (secondary N) is 1. The number of carbonyl (C=O) groups is 3. The Hall–Kier alpha value is -1.83. The second-order valence-electron chi connectivity index (χ2n) is 6.59. The molecule has 0 aromatic rings. The van der Waals surface area contributed by atoms with Crippen molar-refractivity contribution >= 4 is 18.0 Å². The molecule has 120 valence electrons. The summed E-state index contributed by atoms with van der Waals surface area (Å²) in [6, 6.07) is 0.425. The Kier molecular flexibility index (Phi) is 4.83. The molecule has 2 fully saturated rings. The van der Waals surface area contributed by atoms with Gasteiger partial charge in [0.25, 0.3) is 0 Å². The SMILES string of the molecule is CC(C)(C)C1NCC12CCN(C(=O)[O-])C2.O=C(O)C(=O)O. The summed E-state index contributed by atoms with van der Waals surface area (Å²) in [4.78, 5) is 30.4. The molecule has 0 radical (unpaired) electrons. The summed E-state index contributed by atoms with van der Waals surface area (Å²) in [5.74, 6) is -3.65. The molecule has 8 heteroatoms. The molecular formula is C13H21N2O6-. The summed E-state index contributed by atoms with van der Waals surface area (Å²) in [6.07, 6.45) is -0.0536. The van der Waals surface area contributed by atoms with Gasteiger partial charge in [0.15, 0.2) is 0 Å². The first-order valence-electron chi connectivity index (χ1n) is 6.65. The highest BCUT2D eigenvalue weighted by Gasteiger charge is 2.54. The van der Waals surface area contributed by atoms with Gasteiger partial charge in [-0.25, -0.2) is 9.59 Å². The van der Waals surface area contributed by atoms with E-state index in [1.165, 1.54) is 4.90 Å². The smallest absolute Gasteiger partial charge is 0.414 e. The molecular weight excluding hydrogens is 280 g/mol. The maximum atomic E-state index is 10.8. The summed E-state index contributed by atoms with van der Waals surface area (Å²) in [5.41, 5.74) is 0.360. The van der Waals surface area contributed by atoms with Crippen LogP contribution in [0, 0.1) is 10.8 Å². The van der Waals surface area contributed by atoms with Crippen LogP contribution in [0.5, 0.6) is 0 Å². The first-order chi connectivity index (χ1) is 9.49. The van der Waals surface area contributed by atoms with Crippen LogP contribution in [0.1, 0.15) is 27.2 Å². The molecule has 1 amide bonds. The van der Waals surface area contributed by atoms with Crippen molar-refractivity contribution in [2.45, 2.75) is 33.2 Å². The Bertz CT molecular complexity index is 432. The minimum Gasteiger partial charge on any atom is -0.530 e. The number of likely N-dealkylation sites (tertiary alicyclic amines) is 1. The van der Waals surface area contributed by atoms with E-state index in [1.807, 2.05) is 0 Å². The molecule has 2 heterocycles. The minimum absolute atomic E-state index is 0.165. The summed E-state index contributed by atoms with van der Waals surface area (Å²) < 4.78 is 0. The zero-order valence-electron chi connectivity index (χ0n) is 12.4. The lowest BCUT2D eigenvalue weighted by atomic mass is 9.63. The van der Waals surface area contributed by atoms with Crippen LogP contribution in [-0.2, 0) is 9.59 Å². The van der Waals surface area contributed by atoms with Gasteiger partial charge in [-0.3, -0.25) is 0 Å². The summed E-state index contributed by atoms with van der Waals surface area (Å²) in [5, 5.41) is 29.0. The molecule has 0 aliphatic carbocycles. The van der Waals surface area contributed by atoms with Gasteiger partial charge >= 0.3 is 11.9 Å². The molecule has 2 aliphatic heterocycles. The minimum atomic E-state index is -1.82. The van der Waals surface area contributed by atoms with Crippen molar-refractivity contribution in [3.05, 3.63) is 0 Å². The highest BCUT2D eigenvalue weighted by molar-refractivity contribution is 6.27. The summed E-state index contributed by atoms with van der Waals surface area (Å²) >= 11 is 0. The van der Waals surface area contributed by atoms with E-state index in [0.717, 1.165) is 13.0 Å². The average molecular weight is 301 g/mol. The molecule has 1 spiro atoms. The number of hydrogen-bond donors (Lipinski definition) is 3. The maximum Gasteiger partial charge on any atom is 0.414 e. The number of hydrogen-bond acceptors (Lipinski definition) is 5. The predicted molar refractivity (Wildman–Crippen MR) is 70.5 cm³/mol. The third-order valence-corrected chi connectivity index (χ3v) is 3.96. The monoisotopic (exact) mass is 301 g/mol. The second-order valence-corrected chi connectivity index (χ2v) is 6.59. The van der Waals surface area contributed by atoms with Crippen molar-refractivity contribution in [3.63, 3.8) is 0 Å². The Balaban J connectivity index is 0.000000315. The second kappa shape index (κ2) is 5.88. The van der Waals surface area contributed by atoms with Crippen LogP contribution in [0.2, 0.25) is 0 Å². The molecule has 2 aliphatic rings. The van der Waals surface area contributed by atoms with Crippen LogP contribution in [-0.4, -0.2) is 58.8 Å². The van der Waals surface area contributed by atoms with Gasteiger partial charge in [-0.2, -0.15) is 0 Å². The molecule has 0 aromatic heterocycles. The number of carboxylic acid groups (broad SMARTS) is 3. The summed E-state index contributed by atoms with van der Waals surface area (Å²) in [6.45, 7) is 8.83. The topological polar surface area (TPSA) is 130 Å². The van der Waals surface area contributed by atoms with E-state index < -0.39 is 18.0 Å². The lowest BCUT2D eigenvalue weighted by Gasteiger charge is -2.54. The van der Waals surface area contributed by atoms with Crippen LogP contribution in [0.15, 0.2) is 0 Å². The molecule has 2 rings (SSSR count). The van der Waals surface area contributed by atoms with Crippen LogP contribution >= 0.6 is 0 Å². The highest BCUT2D eigenvalue weighted by atomic mass is 16.4. The first kappa shape index (κ1) is 17.2. The van der Waals surface area contributed by atoms with Gasteiger partial charge in [0, 0.05) is 31.1 Å². The molecule has 3 N–H and O–H groups in total. The molecule has 0 saturated carbocycles. The van der Waals surface area contributed by atoms with Gasteiger partial charge in [-0.05, 0) is 11.8 Å². The number of rotatable bonds is 0. The largest absolute Gasteiger partial charge is 0.530 e. The van der Waals surface area contributed by atoms with Gasteiger partial charge in [0.1, 0.15) is 6.09 Å². The first-order valence-corrected chi connectivity index (χ1v) is 6.65. The molecule has 2 atom stereocenters. The number of carboxylic acids is 2. The Labute approximate surface area is 122 Å². The number of carbonyl (C=O) groups excluding carboxylic acids is 1. The standard InChI is InChI=1S/C11H20N2O2.C2H2O4/c1-10(2,3)8-11(6-12-8)4-5-13(7-11)9(14)15;3-1(4)2(5)6/h8,12H,4-7H2,1-3H3,(H,14,15);(H,3,4)(H,5,6)/p-1. The number of nitrogens with zero attached hydrogens (tertiary/aromatic N) is 1. The maximum absolute atomic E-state index is 10.8. The zero-order chi connectivity index (χ0) is 16.4. The fourth-order valence-corrected chi connectivity index (χ4v) is 3.15. The van der Waals surface area contributed by atoms with E-state index in [9.17, 15) is 9.90 Å². The van der Waals surface area contributed by atoms with Gasteiger partial charge in [-0.1, -0.05) is 20.8 Å². The highest BCUT2D eigenvalue weighted by Crippen LogP contribution is 2.46. The van der Waals surface area contributed by atoms with Crippen molar-refractivity contribution in [1.29, 1.82) is 0 Å². The zero-order valence-corrected chi connectivity index (χ0v) is 12.4. The van der Waals surface area contributed by atoms with Gasteiger partial charge in [-0.15, -0.1) is 0 Å². The quantitative estimate of drug-likeness (QED) is 0.499. The van der Waals surface area contributed by atoms with Crippen molar-refractivity contribution in [3.8, 4) is 0 Å². The number of amides is 1. The predicted octanol–water partition coefficient (Wildman–Crippen LogP) is -0.805. The van der Waals surface area contributed by atoms with Crippen molar-refractivity contribution in [2.24, 2.45) is 10.8 Å². The Morgan fingerprint density at radius 2 is 1.76 bits per heavy atom. The fourth-order valence-electron chi connectivity index (χ4n) is 3.15. The van der Waals surface area contributed by atoms with E-state index in [1.54, 1.807) is 0 Å². The average Bonchev–Trinajstić information content (AvgIpc) is 2.72. The van der Waals surface area contributed by atoms with E-state index in [4.69, 9.17) is 19.8 Å². The van der Waals surface area contributed by atoms with Crippen molar-refractivity contribution in [2.75, 3.05) is 19.6 Å². The molecule has 2 saturated heterocycles. The van der Waals surface area contributed by atoms with Crippen molar-refractivity contribution in [1.82, 2.24) is 10.2 Å². The molecule has 0 aromatic carbocycles. The van der Waals surface area contributed by atoms with Gasteiger partial charge < -0.3 is 30.3 Å². The van der Waals surface area contributed by atoms with Crippen molar-refractivity contribution < 1.29 is 29.7 Å². The normalized spacial score (nSPS) is 27.6. The number of aliphatic carboxylic acids is 2. The molecule has 8 nitrogen and oxygen atoms in total. The molecule has 21 heavy (non-hydrogen) atoms. The Morgan fingerprint density at radius 3 is 2.00 bits per heavy atom. The van der Waals surface area contributed by atoms with Crippen LogP contribution in [0.3, 0.4) is 0 Å². The molecule has 0 bridgehead atoms. The van der Waals surface area contributed by atoms with E-state index >= 15 is 0 Å². The van der Waals surface area contributed by atoms with Crippen LogP contribution < -0.4 is 10.4 Å². The fraction of sp³-hybridized carbons (Fsp3) is 0.769. The lowest BCUT2D eigenvalue weighted by molar-refractivity contribution is -0.265. The van der Waals surface area contributed by atoms with E-state index in [-0.39, 0.29) is 10.8 Å². The van der Waals surface area contributed by atoms with Gasteiger partial charge in [0.2, 0.25) is 0 Å². The van der Waals surface area contributed by atoms with Crippen LogP contribution in [0.25, 0.3) is 0 Å². The van der Waals surface area contributed by atoms with Crippen LogP contribution in [0.4, 0.5) is 4.79 Å². The third-order valence-electron chi connectivity index (χ3n) is 3.96. The third kappa shape index (κ3) is 3.84. The Morgan fingerprint density at radius 1 is 1.24 bits per heavy atom. The van der Waals surface area contributed by atoms with Gasteiger partial charge in [0.05, 0.1) is 0 Å². The van der Waals surface area contributed by atoms with E-state index in [2.05, 4.69) is 26.1 Å². The van der Waals surface area contributed by atoms with E-state index in [0.29, 0.717) is 19.1 Å².